The summed E-state index contributed by atoms with van der Waals surface area (Å²) in [6.07, 6.45) is 0. The number of aryl methyl sites for hydroxylation is 1. The van der Waals surface area contributed by atoms with Gasteiger partial charge in [-0.05, 0) is 55.5 Å². The molecule has 0 radical (unpaired) electrons. The van der Waals surface area contributed by atoms with Crippen molar-refractivity contribution in [1.82, 2.24) is 23.8 Å². The van der Waals surface area contributed by atoms with Gasteiger partial charge in [0.2, 0.25) is 5.78 Å². The van der Waals surface area contributed by atoms with E-state index in [0.29, 0.717) is 22.3 Å². The Bertz CT molecular complexity index is 1970. The first-order chi connectivity index (χ1) is 16.2. The van der Waals surface area contributed by atoms with E-state index in [4.69, 9.17) is 15.0 Å². The highest BCUT2D eigenvalue weighted by Crippen LogP contribution is 2.30. The van der Waals surface area contributed by atoms with E-state index in [2.05, 4.69) is 18.2 Å². The molecule has 4 aromatic heterocycles. The van der Waals surface area contributed by atoms with E-state index in [1.165, 1.54) is 0 Å². The third-order valence-electron chi connectivity index (χ3n) is 6.18. The first kappa shape index (κ1) is 18.0. The molecule has 0 saturated carbocycles. The molecule has 0 amide bonds. The Balaban J connectivity index is 1.76. The zero-order valence-corrected chi connectivity index (χ0v) is 17.7. The molecule has 156 valence electrons. The maximum absolute atomic E-state index is 13.7. The van der Waals surface area contributed by atoms with Crippen LogP contribution in [-0.4, -0.2) is 23.8 Å². The molecule has 33 heavy (non-hydrogen) atoms. The van der Waals surface area contributed by atoms with Crippen molar-refractivity contribution in [3.63, 3.8) is 0 Å². The van der Waals surface area contributed by atoms with Crippen LogP contribution in [0.3, 0.4) is 0 Å². The van der Waals surface area contributed by atoms with E-state index in [-0.39, 0.29) is 5.56 Å². The molecule has 4 heterocycles. The van der Waals surface area contributed by atoms with Crippen molar-refractivity contribution in [3.05, 3.63) is 101 Å². The summed E-state index contributed by atoms with van der Waals surface area (Å²) in [5.74, 6) is 0.559. The van der Waals surface area contributed by atoms with E-state index in [1.54, 1.807) is 4.40 Å². The number of hydrogen-bond acceptors (Lipinski definition) is 4. The average molecular weight is 427 g/mol. The maximum Gasteiger partial charge on any atom is 0.268 e. The summed E-state index contributed by atoms with van der Waals surface area (Å²) < 4.78 is 3.68. The molecule has 6 nitrogen and oxygen atoms in total. The molecular formula is C27H17N5O. The number of pyridine rings is 1. The SMILES string of the molecule is Cc1cccc(-c2ccc3c(c2)c2nc4ccccc4c(=O)n2c2nc4ccccc4n32)n1. The zero-order valence-electron chi connectivity index (χ0n) is 17.7. The molecule has 0 atom stereocenters. The summed E-state index contributed by atoms with van der Waals surface area (Å²) in [6.45, 7) is 1.98. The monoisotopic (exact) mass is 427 g/mol. The van der Waals surface area contributed by atoms with E-state index < -0.39 is 0 Å². The molecule has 7 rings (SSSR count). The molecule has 0 spiro atoms. The predicted octanol–water partition coefficient (Wildman–Crippen LogP) is 5.17. The predicted molar refractivity (Wildman–Crippen MR) is 131 cm³/mol. The second kappa shape index (κ2) is 6.46. The Hall–Kier alpha value is -4.58. The number of rotatable bonds is 1. The molecule has 0 fully saturated rings. The highest BCUT2D eigenvalue weighted by molar-refractivity contribution is 6.00. The maximum atomic E-state index is 13.7. The van der Waals surface area contributed by atoms with Crippen LogP contribution in [0.5, 0.6) is 0 Å². The van der Waals surface area contributed by atoms with Gasteiger partial charge < -0.3 is 0 Å². The molecule has 0 N–H and O–H groups in total. The molecule has 0 bridgehead atoms. The standard InChI is InChI=1S/C27H17N5O/c1-16-7-6-11-20(28-16)17-13-14-23-19(15-17)25-29-21-9-3-2-8-18(21)26(33)32(25)27-30-22-10-4-5-12-24(22)31(23)27/h2-15H,1H3. The number of imidazole rings is 1. The Morgan fingerprint density at radius 2 is 1.48 bits per heavy atom. The van der Waals surface area contributed by atoms with Crippen molar-refractivity contribution < 1.29 is 0 Å². The van der Waals surface area contributed by atoms with Crippen molar-refractivity contribution in [2.75, 3.05) is 0 Å². The molecule has 0 saturated heterocycles. The molecule has 0 aliphatic carbocycles. The smallest absolute Gasteiger partial charge is 0.268 e. The number of benzene rings is 3. The number of hydrogen-bond donors (Lipinski definition) is 0. The van der Waals surface area contributed by atoms with Crippen LogP contribution in [0.15, 0.2) is 89.7 Å². The third kappa shape index (κ3) is 2.49. The highest BCUT2D eigenvalue weighted by atomic mass is 16.1. The van der Waals surface area contributed by atoms with Gasteiger partial charge in [-0.25, -0.2) is 14.4 Å². The van der Waals surface area contributed by atoms with Crippen molar-refractivity contribution in [2.45, 2.75) is 6.92 Å². The second-order valence-corrected chi connectivity index (χ2v) is 8.23. The minimum absolute atomic E-state index is 0.128. The van der Waals surface area contributed by atoms with Crippen LogP contribution in [0.25, 0.3) is 55.5 Å². The highest BCUT2D eigenvalue weighted by Gasteiger charge is 2.18. The Kier molecular flexibility index (Phi) is 3.53. The molecule has 0 aliphatic heterocycles. The van der Waals surface area contributed by atoms with Crippen LogP contribution in [0, 0.1) is 6.92 Å². The molecule has 0 unspecified atom stereocenters. The fourth-order valence-electron chi connectivity index (χ4n) is 4.67. The lowest BCUT2D eigenvalue weighted by Crippen LogP contribution is -2.18. The summed E-state index contributed by atoms with van der Waals surface area (Å²) in [5, 5.41) is 1.44. The van der Waals surface area contributed by atoms with Gasteiger partial charge in [0.05, 0.1) is 33.1 Å². The first-order valence-electron chi connectivity index (χ1n) is 10.8. The first-order valence-corrected chi connectivity index (χ1v) is 10.8. The summed E-state index contributed by atoms with van der Waals surface area (Å²) in [6, 6.07) is 27.6. The number of para-hydroxylation sites is 3. The number of fused-ring (bicyclic) bond motifs is 9. The summed E-state index contributed by atoms with van der Waals surface area (Å²) in [5.41, 5.74) is 6.65. The second-order valence-electron chi connectivity index (χ2n) is 8.23. The average Bonchev–Trinajstić information content (AvgIpc) is 3.23. The molecule has 6 heteroatoms. The van der Waals surface area contributed by atoms with Gasteiger partial charge in [-0.1, -0.05) is 36.4 Å². The van der Waals surface area contributed by atoms with E-state index in [1.807, 2.05) is 78.1 Å². The summed E-state index contributed by atoms with van der Waals surface area (Å²) in [7, 11) is 0. The molecular weight excluding hydrogens is 410 g/mol. The van der Waals surface area contributed by atoms with Crippen molar-refractivity contribution in [1.29, 1.82) is 0 Å². The van der Waals surface area contributed by atoms with Crippen molar-refractivity contribution in [2.24, 2.45) is 0 Å². The Morgan fingerprint density at radius 3 is 2.36 bits per heavy atom. The molecule has 0 aliphatic rings. The van der Waals surface area contributed by atoms with Gasteiger partial charge in [0.1, 0.15) is 0 Å². The Labute approximate surface area is 187 Å². The van der Waals surface area contributed by atoms with Crippen molar-refractivity contribution >= 4 is 44.3 Å². The van der Waals surface area contributed by atoms with Crippen LogP contribution in [-0.2, 0) is 0 Å². The van der Waals surface area contributed by atoms with Crippen LogP contribution in [0.4, 0.5) is 0 Å². The lowest BCUT2D eigenvalue weighted by molar-refractivity contribution is 1.05. The van der Waals surface area contributed by atoms with Gasteiger partial charge >= 0.3 is 0 Å². The third-order valence-corrected chi connectivity index (χ3v) is 6.18. The number of nitrogens with zero attached hydrogens (tertiary/aromatic N) is 5. The van der Waals surface area contributed by atoms with Gasteiger partial charge in [0.15, 0.2) is 5.65 Å². The summed E-state index contributed by atoms with van der Waals surface area (Å²) >= 11 is 0. The topological polar surface area (TPSA) is 64.6 Å². The lowest BCUT2D eigenvalue weighted by atomic mass is 10.1. The minimum atomic E-state index is -0.128. The lowest BCUT2D eigenvalue weighted by Gasteiger charge is -2.12. The van der Waals surface area contributed by atoms with Gasteiger partial charge in [0.25, 0.3) is 5.56 Å². The van der Waals surface area contributed by atoms with Crippen LogP contribution in [0.1, 0.15) is 5.69 Å². The van der Waals surface area contributed by atoms with Crippen LogP contribution >= 0.6 is 0 Å². The van der Waals surface area contributed by atoms with Crippen molar-refractivity contribution in [3.8, 4) is 11.3 Å². The van der Waals surface area contributed by atoms with Gasteiger partial charge in [0, 0.05) is 16.6 Å². The van der Waals surface area contributed by atoms with E-state index >= 15 is 0 Å². The normalized spacial score (nSPS) is 11.9. The number of aromatic nitrogens is 5. The molecule has 7 aromatic rings. The molecule has 3 aromatic carbocycles. The van der Waals surface area contributed by atoms with Gasteiger partial charge in [-0.2, -0.15) is 0 Å². The fourth-order valence-corrected chi connectivity index (χ4v) is 4.67. The zero-order chi connectivity index (χ0) is 22.1. The summed E-state index contributed by atoms with van der Waals surface area (Å²) in [4.78, 5) is 28.1. The van der Waals surface area contributed by atoms with Crippen LogP contribution < -0.4 is 5.56 Å². The minimum Gasteiger partial charge on any atom is -0.277 e. The Morgan fingerprint density at radius 1 is 0.667 bits per heavy atom. The van der Waals surface area contributed by atoms with E-state index in [0.717, 1.165) is 38.9 Å². The largest absolute Gasteiger partial charge is 0.277 e. The van der Waals surface area contributed by atoms with Gasteiger partial charge in [-0.3, -0.25) is 14.2 Å². The van der Waals surface area contributed by atoms with E-state index in [9.17, 15) is 4.79 Å². The van der Waals surface area contributed by atoms with Gasteiger partial charge in [-0.15, -0.1) is 0 Å². The fraction of sp³-hybridized carbons (Fsp3) is 0.0370. The quantitative estimate of drug-likeness (QED) is 0.268. The van der Waals surface area contributed by atoms with Crippen LogP contribution in [0.2, 0.25) is 0 Å².